The molecule has 2 heterocycles. The van der Waals surface area contributed by atoms with E-state index in [1.807, 2.05) is 73.8 Å². The van der Waals surface area contributed by atoms with Crippen molar-refractivity contribution in [2.45, 2.75) is 11.8 Å². The lowest BCUT2D eigenvalue weighted by atomic mass is 10.1. The van der Waals surface area contributed by atoms with Crippen LogP contribution in [-0.4, -0.2) is 62.1 Å². The number of benzene rings is 3. The minimum Gasteiger partial charge on any atom is -0.497 e. The van der Waals surface area contributed by atoms with Crippen LogP contribution in [-0.2, 0) is 14.8 Å². The number of aliphatic imine (C=N–C) groups is 1. The first-order valence-electron chi connectivity index (χ1n) is 12.0. The summed E-state index contributed by atoms with van der Waals surface area (Å²) in [6.07, 6.45) is 3.57. The van der Waals surface area contributed by atoms with Gasteiger partial charge in [-0.2, -0.15) is 9.40 Å². The van der Waals surface area contributed by atoms with Crippen LogP contribution in [0.25, 0.3) is 16.9 Å². The molecule has 1 aliphatic heterocycles. The van der Waals surface area contributed by atoms with E-state index in [9.17, 15) is 8.42 Å². The van der Waals surface area contributed by atoms with Gasteiger partial charge in [-0.05, 0) is 61.0 Å². The average molecular weight is 517 g/mol. The fourth-order valence-electron chi connectivity index (χ4n) is 4.17. The molecule has 9 heteroatoms. The van der Waals surface area contributed by atoms with Crippen LogP contribution in [0.3, 0.4) is 0 Å². The first-order valence-corrected chi connectivity index (χ1v) is 13.4. The summed E-state index contributed by atoms with van der Waals surface area (Å²) in [5.74, 6) is 0.749. The Bertz CT molecular complexity index is 1510. The van der Waals surface area contributed by atoms with Crippen LogP contribution in [0.4, 0.5) is 5.69 Å². The second-order valence-electron chi connectivity index (χ2n) is 8.69. The van der Waals surface area contributed by atoms with Gasteiger partial charge < -0.3 is 9.47 Å². The molecule has 0 amide bonds. The molecule has 0 spiro atoms. The van der Waals surface area contributed by atoms with Crippen LogP contribution in [0.15, 0.2) is 88.9 Å². The van der Waals surface area contributed by atoms with Crippen LogP contribution in [0.2, 0.25) is 0 Å². The van der Waals surface area contributed by atoms with Gasteiger partial charge in [0.1, 0.15) is 16.3 Å². The fraction of sp³-hybridized carbons (Fsp3) is 0.214. The third-order valence-electron chi connectivity index (χ3n) is 6.17. The molecular weight excluding hydrogens is 488 g/mol. The van der Waals surface area contributed by atoms with E-state index in [1.54, 1.807) is 30.1 Å². The Hall–Kier alpha value is -3.79. The number of para-hydroxylation sites is 1. The monoisotopic (exact) mass is 516 g/mol. The maximum absolute atomic E-state index is 13.5. The van der Waals surface area contributed by atoms with Gasteiger partial charge in [0.05, 0.1) is 31.7 Å². The number of morpholine rings is 1. The van der Waals surface area contributed by atoms with E-state index >= 15 is 0 Å². The molecule has 1 aromatic heterocycles. The predicted octanol–water partition coefficient (Wildman–Crippen LogP) is 4.63. The molecule has 0 aliphatic carbocycles. The second-order valence-corrected chi connectivity index (χ2v) is 10.6. The second kappa shape index (κ2) is 10.7. The summed E-state index contributed by atoms with van der Waals surface area (Å²) in [6, 6.07) is 22.7. The molecule has 5 rings (SSSR count). The summed E-state index contributed by atoms with van der Waals surface area (Å²) in [5.41, 5.74) is 4.50. The zero-order valence-electron chi connectivity index (χ0n) is 20.7. The Morgan fingerprint density at radius 3 is 2.43 bits per heavy atom. The lowest BCUT2D eigenvalue weighted by molar-refractivity contribution is 0.0730. The number of nitrogens with zero attached hydrogens (tertiary/aromatic N) is 4. The molecule has 8 nitrogen and oxygen atoms in total. The highest BCUT2D eigenvalue weighted by Crippen LogP contribution is 2.30. The summed E-state index contributed by atoms with van der Waals surface area (Å²) in [6.45, 7) is 3.29. The van der Waals surface area contributed by atoms with Gasteiger partial charge in [-0.1, -0.05) is 24.3 Å². The topological polar surface area (TPSA) is 86.0 Å². The number of aryl methyl sites for hydroxylation is 1. The molecule has 190 valence electrons. The number of methoxy groups -OCH3 is 1. The van der Waals surface area contributed by atoms with E-state index < -0.39 is 10.0 Å². The highest BCUT2D eigenvalue weighted by atomic mass is 32.2. The first-order chi connectivity index (χ1) is 18.0. The van der Waals surface area contributed by atoms with E-state index in [4.69, 9.17) is 14.6 Å². The van der Waals surface area contributed by atoms with Gasteiger partial charge in [-0.3, -0.25) is 4.99 Å². The number of hydrogen-bond donors (Lipinski definition) is 0. The molecular formula is C28H28N4O4S. The molecule has 0 bridgehead atoms. The Kier molecular flexibility index (Phi) is 7.18. The molecule has 0 saturated carbocycles. The van der Waals surface area contributed by atoms with Crippen LogP contribution in [0.1, 0.15) is 11.1 Å². The van der Waals surface area contributed by atoms with Crippen molar-refractivity contribution in [3.8, 4) is 22.7 Å². The number of sulfonamides is 1. The maximum Gasteiger partial charge on any atom is 0.245 e. The Labute approximate surface area is 216 Å². The normalized spacial score (nSPS) is 14.8. The molecule has 4 aromatic rings. The van der Waals surface area contributed by atoms with Crippen molar-refractivity contribution >= 4 is 21.9 Å². The molecule has 1 aliphatic rings. The average Bonchev–Trinajstić information content (AvgIpc) is 3.37. The van der Waals surface area contributed by atoms with E-state index in [1.165, 1.54) is 4.31 Å². The van der Waals surface area contributed by atoms with Crippen molar-refractivity contribution in [2.75, 3.05) is 33.4 Å². The third kappa shape index (κ3) is 5.34. The lowest BCUT2D eigenvalue weighted by Gasteiger charge is -2.26. The Morgan fingerprint density at radius 1 is 1.00 bits per heavy atom. The number of aromatic nitrogens is 2. The van der Waals surface area contributed by atoms with Gasteiger partial charge in [-0.25, -0.2) is 13.1 Å². The molecule has 1 fully saturated rings. The molecule has 0 N–H and O–H groups in total. The minimum absolute atomic E-state index is 0.187. The van der Waals surface area contributed by atoms with Gasteiger partial charge >= 0.3 is 0 Å². The number of rotatable bonds is 7. The largest absolute Gasteiger partial charge is 0.497 e. The van der Waals surface area contributed by atoms with Crippen molar-refractivity contribution in [1.29, 1.82) is 0 Å². The van der Waals surface area contributed by atoms with Crippen LogP contribution >= 0.6 is 0 Å². The Morgan fingerprint density at radius 2 is 1.73 bits per heavy atom. The first kappa shape index (κ1) is 24.9. The fourth-order valence-corrected chi connectivity index (χ4v) is 5.80. The highest BCUT2D eigenvalue weighted by Gasteiger charge is 2.28. The summed E-state index contributed by atoms with van der Waals surface area (Å²) in [4.78, 5) is 4.85. The summed E-state index contributed by atoms with van der Waals surface area (Å²) in [7, 11) is -2.10. The molecule has 0 radical (unpaired) electrons. The predicted molar refractivity (Wildman–Crippen MR) is 144 cm³/mol. The van der Waals surface area contributed by atoms with Crippen molar-refractivity contribution in [2.24, 2.45) is 4.99 Å². The standard InChI is InChI=1S/C28H28N4O4S/c1-21-8-13-26(27(18-21)37(33,34)31-14-16-36-17-15-31)29-19-23-20-32(24-6-4-3-5-7-24)30-28(23)22-9-11-25(35-2)12-10-22/h3-13,18-20H,14-17H2,1-2H3. The maximum atomic E-state index is 13.5. The minimum atomic E-state index is -3.72. The summed E-state index contributed by atoms with van der Waals surface area (Å²) >= 11 is 0. The smallest absolute Gasteiger partial charge is 0.245 e. The molecule has 1 saturated heterocycles. The SMILES string of the molecule is COc1ccc(-c2nn(-c3ccccc3)cc2C=Nc2ccc(C)cc2S(=O)(=O)N2CCOCC2)cc1. The molecule has 0 atom stereocenters. The van der Waals surface area contributed by atoms with E-state index in [0.717, 1.165) is 33.8 Å². The molecule has 37 heavy (non-hydrogen) atoms. The van der Waals surface area contributed by atoms with E-state index in [0.29, 0.717) is 32.0 Å². The van der Waals surface area contributed by atoms with Gasteiger partial charge in [0, 0.05) is 36.6 Å². The highest BCUT2D eigenvalue weighted by molar-refractivity contribution is 7.89. The summed E-state index contributed by atoms with van der Waals surface area (Å²) < 4.78 is 40.9. The molecule has 3 aromatic carbocycles. The van der Waals surface area contributed by atoms with Crippen LogP contribution in [0, 0.1) is 6.92 Å². The lowest BCUT2D eigenvalue weighted by Crippen LogP contribution is -2.40. The van der Waals surface area contributed by atoms with Gasteiger partial charge in [0.25, 0.3) is 0 Å². The zero-order chi connectivity index (χ0) is 25.8. The zero-order valence-corrected chi connectivity index (χ0v) is 21.6. The van der Waals surface area contributed by atoms with E-state index in [-0.39, 0.29) is 4.90 Å². The van der Waals surface area contributed by atoms with E-state index in [2.05, 4.69) is 4.99 Å². The quantitative estimate of drug-likeness (QED) is 0.335. The Balaban J connectivity index is 1.57. The number of ether oxygens (including phenoxy) is 2. The van der Waals surface area contributed by atoms with Gasteiger partial charge in [0.15, 0.2) is 0 Å². The third-order valence-corrected chi connectivity index (χ3v) is 8.10. The van der Waals surface area contributed by atoms with Crippen molar-refractivity contribution in [1.82, 2.24) is 14.1 Å². The van der Waals surface area contributed by atoms with Crippen molar-refractivity contribution in [3.05, 3.63) is 90.1 Å². The summed E-state index contributed by atoms with van der Waals surface area (Å²) in [5, 5.41) is 4.82. The number of hydrogen-bond acceptors (Lipinski definition) is 6. The van der Waals surface area contributed by atoms with Crippen LogP contribution < -0.4 is 4.74 Å². The van der Waals surface area contributed by atoms with Crippen molar-refractivity contribution < 1.29 is 17.9 Å². The molecule has 0 unspecified atom stereocenters. The van der Waals surface area contributed by atoms with Crippen molar-refractivity contribution in [3.63, 3.8) is 0 Å². The van der Waals surface area contributed by atoms with Gasteiger partial charge in [0.2, 0.25) is 10.0 Å². The van der Waals surface area contributed by atoms with Crippen LogP contribution in [0.5, 0.6) is 5.75 Å². The van der Waals surface area contributed by atoms with Gasteiger partial charge in [-0.15, -0.1) is 0 Å².